The van der Waals surface area contributed by atoms with E-state index in [-0.39, 0.29) is 0 Å². The van der Waals surface area contributed by atoms with Crippen molar-refractivity contribution in [3.63, 3.8) is 0 Å². The van der Waals surface area contributed by atoms with Crippen LogP contribution in [0.15, 0.2) is 18.2 Å². The molecule has 0 aliphatic heterocycles. The van der Waals surface area contributed by atoms with Gasteiger partial charge in [-0.2, -0.15) is 0 Å². The van der Waals surface area contributed by atoms with E-state index < -0.39 is 0 Å². The molecule has 0 atom stereocenters. The lowest BCUT2D eigenvalue weighted by molar-refractivity contribution is 0.469. The van der Waals surface area contributed by atoms with Crippen molar-refractivity contribution < 1.29 is 5.11 Å². The Bertz CT molecular complexity index is 357. The minimum atomic E-state index is 0.439. The molecule has 0 amide bonds. The molecule has 0 heterocycles. The monoisotopic (exact) mass is 276 g/mol. The zero-order valence-corrected chi connectivity index (χ0v) is 13.5. The number of hydrogen-bond acceptors (Lipinski definition) is 1. The summed E-state index contributed by atoms with van der Waals surface area (Å²) in [5.74, 6) is 0.439. The number of phenols is 1. The zero-order chi connectivity index (χ0) is 14.6. The molecular weight excluding hydrogens is 244 g/mol. The Balaban J connectivity index is 1.98. The number of benzene rings is 1. The standard InChI is InChI=1S/C19H32O/c1-3-4-5-6-7-8-9-10-11-12-14-18-15-13-16-19(20)17(18)2/h13,15-16,20H,3-12,14H2,1-2H3. The van der Waals surface area contributed by atoms with Gasteiger partial charge < -0.3 is 5.11 Å². The molecular formula is C19H32O. The van der Waals surface area contributed by atoms with E-state index >= 15 is 0 Å². The van der Waals surface area contributed by atoms with Gasteiger partial charge in [0.15, 0.2) is 0 Å². The van der Waals surface area contributed by atoms with Crippen LogP contribution in [0.4, 0.5) is 0 Å². The molecule has 0 fully saturated rings. The second-order valence-electron chi connectivity index (χ2n) is 5.99. The number of phenolic OH excluding ortho intramolecular Hbond substituents is 1. The molecule has 0 aliphatic rings. The first-order valence-electron chi connectivity index (χ1n) is 8.53. The van der Waals surface area contributed by atoms with E-state index in [1.165, 1.54) is 69.8 Å². The fraction of sp³-hybridized carbons (Fsp3) is 0.684. The quantitative estimate of drug-likeness (QED) is 0.479. The van der Waals surface area contributed by atoms with Gasteiger partial charge in [0.1, 0.15) is 5.75 Å². The molecule has 0 saturated carbocycles. The molecule has 1 aromatic rings. The summed E-state index contributed by atoms with van der Waals surface area (Å²) in [5, 5.41) is 9.66. The Morgan fingerprint density at radius 3 is 1.95 bits per heavy atom. The van der Waals surface area contributed by atoms with E-state index in [4.69, 9.17) is 0 Å². The molecule has 0 bridgehead atoms. The first-order valence-corrected chi connectivity index (χ1v) is 8.53. The highest BCUT2D eigenvalue weighted by Crippen LogP contribution is 2.21. The fourth-order valence-electron chi connectivity index (χ4n) is 2.74. The number of unbranched alkanes of at least 4 members (excludes halogenated alkanes) is 9. The molecule has 1 N–H and O–H groups in total. The maximum atomic E-state index is 9.66. The summed E-state index contributed by atoms with van der Waals surface area (Å²) in [4.78, 5) is 0. The van der Waals surface area contributed by atoms with E-state index in [2.05, 4.69) is 13.0 Å². The van der Waals surface area contributed by atoms with Crippen molar-refractivity contribution >= 4 is 0 Å². The van der Waals surface area contributed by atoms with Crippen LogP contribution in [0.25, 0.3) is 0 Å². The van der Waals surface area contributed by atoms with Crippen molar-refractivity contribution in [1.29, 1.82) is 0 Å². The third kappa shape index (κ3) is 6.98. The van der Waals surface area contributed by atoms with Gasteiger partial charge in [-0.3, -0.25) is 0 Å². The lowest BCUT2D eigenvalue weighted by atomic mass is 10.0. The Hall–Kier alpha value is -0.980. The molecule has 0 aliphatic carbocycles. The first kappa shape index (κ1) is 17.1. The molecule has 0 radical (unpaired) electrons. The SMILES string of the molecule is CCCCCCCCCCCCc1cccc(O)c1C. The number of hydrogen-bond donors (Lipinski definition) is 1. The molecule has 0 unspecified atom stereocenters. The summed E-state index contributed by atoms with van der Waals surface area (Å²) in [7, 11) is 0. The van der Waals surface area contributed by atoms with Gasteiger partial charge in [-0.15, -0.1) is 0 Å². The average molecular weight is 276 g/mol. The maximum absolute atomic E-state index is 9.66. The summed E-state index contributed by atoms with van der Waals surface area (Å²) in [5.41, 5.74) is 2.37. The van der Waals surface area contributed by atoms with Crippen LogP contribution < -0.4 is 0 Å². The average Bonchev–Trinajstić information content (AvgIpc) is 2.45. The van der Waals surface area contributed by atoms with Crippen LogP contribution in [-0.2, 0) is 6.42 Å². The van der Waals surface area contributed by atoms with Gasteiger partial charge in [-0.05, 0) is 37.0 Å². The molecule has 20 heavy (non-hydrogen) atoms. The molecule has 0 saturated heterocycles. The van der Waals surface area contributed by atoms with Crippen LogP contribution in [0.3, 0.4) is 0 Å². The van der Waals surface area contributed by atoms with Gasteiger partial charge in [0, 0.05) is 0 Å². The van der Waals surface area contributed by atoms with Crippen LogP contribution in [0.1, 0.15) is 82.3 Å². The smallest absolute Gasteiger partial charge is 0.118 e. The Morgan fingerprint density at radius 2 is 1.35 bits per heavy atom. The predicted octanol–water partition coefficient (Wildman–Crippen LogP) is 6.16. The van der Waals surface area contributed by atoms with Gasteiger partial charge >= 0.3 is 0 Å². The summed E-state index contributed by atoms with van der Waals surface area (Å²) in [6.07, 6.45) is 14.9. The highest BCUT2D eigenvalue weighted by atomic mass is 16.3. The lowest BCUT2D eigenvalue weighted by Crippen LogP contribution is -1.90. The van der Waals surface area contributed by atoms with Crippen molar-refractivity contribution in [3.8, 4) is 5.75 Å². The molecule has 0 aromatic heterocycles. The van der Waals surface area contributed by atoms with Crippen molar-refractivity contribution in [2.24, 2.45) is 0 Å². The maximum Gasteiger partial charge on any atom is 0.118 e. The second kappa shape index (κ2) is 10.8. The fourth-order valence-corrected chi connectivity index (χ4v) is 2.74. The summed E-state index contributed by atoms with van der Waals surface area (Å²) >= 11 is 0. The molecule has 1 aromatic carbocycles. The Labute approximate surface area is 125 Å². The number of aryl methyl sites for hydroxylation is 1. The van der Waals surface area contributed by atoms with Crippen LogP contribution in [0.5, 0.6) is 5.75 Å². The van der Waals surface area contributed by atoms with Gasteiger partial charge in [0.2, 0.25) is 0 Å². The van der Waals surface area contributed by atoms with E-state index in [1.807, 2.05) is 13.0 Å². The van der Waals surface area contributed by atoms with Crippen molar-refractivity contribution in [1.82, 2.24) is 0 Å². The topological polar surface area (TPSA) is 20.2 Å². The highest BCUT2D eigenvalue weighted by molar-refractivity contribution is 5.37. The van der Waals surface area contributed by atoms with Gasteiger partial charge in [-0.25, -0.2) is 0 Å². The van der Waals surface area contributed by atoms with E-state index in [1.54, 1.807) is 6.07 Å². The van der Waals surface area contributed by atoms with Crippen LogP contribution in [-0.4, -0.2) is 5.11 Å². The minimum Gasteiger partial charge on any atom is -0.508 e. The molecule has 1 rings (SSSR count). The van der Waals surface area contributed by atoms with Crippen LogP contribution in [0, 0.1) is 6.92 Å². The van der Waals surface area contributed by atoms with E-state index in [9.17, 15) is 5.11 Å². The predicted molar refractivity (Wildman–Crippen MR) is 88.4 cm³/mol. The third-order valence-corrected chi connectivity index (χ3v) is 4.22. The number of aromatic hydroxyl groups is 1. The van der Waals surface area contributed by atoms with Crippen molar-refractivity contribution in [3.05, 3.63) is 29.3 Å². The summed E-state index contributed by atoms with van der Waals surface area (Å²) < 4.78 is 0. The second-order valence-corrected chi connectivity index (χ2v) is 5.99. The summed E-state index contributed by atoms with van der Waals surface area (Å²) in [6, 6.07) is 5.87. The third-order valence-electron chi connectivity index (χ3n) is 4.22. The zero-order valence-electron chi connectivity index (χ0n) is 13.5. The van der Waals surface area contributed by atoms with Gasteiger partial charge in [0.25, 0.3) is 0 Å². The van der Waals surface area contributed by atoms with Gasteiger partial charge in [0.05, 0.1) is 0 Å². The van der Waals surface area contributed by atoms with Gasteiger partial charge in [-0.1, -0.05) is 76.8 Å². The molecule has 0 spiro atoms. The molecule has 1 nitrogen and oxygen atoms in total. The number of rotatable bonds is 11. The summed E-state index contributed by atoms with van der Waals surface area (Å²) in [6.45, 7) is 4.29. The first-order chi connectivity index (χ1) is 9.75. The Morgan fingerprint density at radius 1 is 0.800 bits per heavy atom. The van der Waals surface area contributed by atoms with Crippen LogP contribution in [0.2, 0.25) is 0 Å². The minimum absolute atomic E-state index is 0.439. The highest BCUT2D eigenvalue weighted by Gasteiger charge is 2.02. The largest absolute Gasteiger partial charge is 0.508 e. The van der Waals surface area contributed by atoms with E-state index in [0.717, 1.165) is 12.0 Å². The van der Waals surface area contributed by atoms with Crippen LogP contribution >= 0.6 is 0 Å². The van der Waals surface area contributed by atoms with Crippen molar-refractivity contribution in [2.45, 2.75) is 84.5 Å². The molecule has 114 valence electrons. The lowest BCUT2D eigenvalue weighted by Gasteiger charge is -2.07. The van der Waals surface area contributed by atoms with E-state index in [0.29, 0.717) is 5.75 Å². The normalized spacial score (nSPS) is 10.9. The molecule has 1 heteroatoms. The Kier molecular flexibility index (Phi) is 9.19. The van der Waals surface area contributed by atoms with Crippen molar-refractivity contribution in [2.75, 3.05) is 0 Å².